The lowest BCUT2D eigenvalue weighted by atomic mass is 10.5. The predicted octanol–water partition coefficient (Wildman–Crippen LogP) is 21.9. The Morgan fingerprint density at radius 1 is 0.453 bits per heavy atom. The molecule has 0 aromatic carbocycles. The molecule has 0 saturated heterocycles. The minimum absolute atomic E-state index is 0. The van der Waals surface area contributed by atoms with E-state index in [1.165, 1.54) is 103 Å². The molecule has 0 spiro atoms. The molecule has 41 nitrogen and oxygen atoms in total. The normalized spacial score (nSPS) is 9.59. The van der Waals surface area contributed by atoms with E-state index in [0.717, 1.165) is 12.4 Å². The number of anilines is 3. The van der Waals surface area contributed by atoms with Crippen LogP contribution in [0.1, 0.15) is 170 Å². The van der Waals surface area contributed by atoms with Crippen molar-refractivity contribution in [3.8, 4) is 0 Å². The van der Waals surface area contributed by atoms with Gasteiger partial charge in [0, 0.05) is 56.9 Å². The molecule has 744 valence electrons. The number of nitrogens with two attached hydrogens (primary N) is 1. The van der Waals surface area contributed by atoms with Crippen molar-refractivity contribution in [2.24, 2.45) is 0 Å². The molecule has 9 rings (SSSR count). The van der Waals surface area contributed by atoms with Crippen molar-refractivity contribution in [3.63, 3.8) is 0 Å². The van der Waals surface area contributed by atoms with E-state index in [1.807, 2.05) is 62.3 Å². The monoisotopic (exact) mass is 2240 g/mol. The van der Waals surface area contributed by atoms with Gasteiger partial charge in [0.1, 0.15) is 42.2 Å². The molecule has 0 atom stereocenters. The van der Waals surface area contributed by atoms with Crippen LogP contribution in [0.4, 0.5) is 45.6 Å². The Labute approximate surface area is 837 Å². The summed E-state index contributed by atoms with van der Waals surface area (Å²) in [6, 6.07) is 0. The molecule has 58 heteroatoms. The summed E-state index contributed by atoms with van der Waals surface area (Å²) < 4.78 is 81.9. The average molecular weight is 2240 g/mol. The molecule has 9 aromatic rings. The van der Waals surface area contributed by atoms with Crippen LogP contribution >= 0.6 is 180 Å². The van der Waals surface area contributed by atoms with Crippen LogP contribution in [0.3, 0.4) is 0 Å². The summed E-state index contributed by atoms with van der Waals surface area (Å²) in [4.78, 5) is 63.7. The summed E-state index contributed by atoms with van der Waals surface area (Å²) in [5.74, 6) is 0.220. The number of thioether (sulfide) groups is 1. The summed E-state index contributed by atoms with van der Waals surface area (Å²) in [6.07, 6.45) is 23.2. The zero-order valence-corrected chi connectivity index (χ0v) is 85.4. The molecular weight excluding hydrogens is 2110 g/mol. The molecule has 0 saturated carbocycles. The van der Waals surface area contributed by atoms with Gasteiger partial charge in [-0.15, -0.1) is 0 Å². The zero-order valence-electron chi connectivity index (χ0n) is 70.1. The number of rotatable bonds is 21. The van der Waals surface area contributed by atoms with Gasteiger partial charge in [-0.25, -0.2) is 40.2 Å². The number of nitrogen functional groups attached to an aromatic ring is 1. The smallest absolute Gasteiger partial charge is 0.326 e. The summed E-state index contributed by atoms with van der Waals surface area (Å²) in [5, 5.41) is 83.1. The molecule has 0 radical (unpaired) electrons. The van der Waals surface area contributed by atoms with Crippen LogP contribution in [-0.2, 0) is 68.8 Å². The fourth-order valence-corrected chi connectivity index (χ4v) is 11.7. The number of aromatic nitrogens is 18. The van der Waals surface area contributed by atoms with Crippen molar-refractivity contribution in [1.29, 1.82) is 0 Å². The van der Waals surface area contributed by atoms with Gasteiger partial charge in [0.25, 0.3) is 5.03 Å². The zero-order chi connectivity index (χ0) is 95.8. The van der Waals surface area contributed by atoms with Crippen molar-refractivity contribution >= 4 is 255 Å². The summed E-state index contributed by atoms with van der Waals surface area (Å²) >= 11 is 58.7. The Morgan fingerprint density at radius 3 is 1.12 bits per heavy atom. The number of hydrogen-bond donors (Lipinski definition) is 9. The van der Waals surface area contributed by atoms with E-state index < -0.39 is 75.7 Å². The lowest BCUT2D eigenvalue weighted by Gasteiger charge is -2.09. The van der Waals surface area contributed by atoms with E-state index in [4.69, 9.17) is 75.3 Å². The molecule has 0 unspecified atom stereocenters. The number of sulfone groups is 3. The average Bonchev–Trinajstić information content (AvgIpc) is 1.82. The van der Waals surface area contributed by atoms with Crippen LogP contribution in [0.5, 0.6) is 0 Å². The maximum absolute atomic E-state index is 12.4. The molecule has 4 N–H and O–H groups in total. The third-order valence-electron chi connectivity index (χ3n) is 12.3. The number of nitrogens with zero attached hydrogens (tertiary/aromatic N) is 22. The number of H-pyrrole nitrogens is 1. The quantitative estimate of drug-likeness (QED) is 0.00471. The standard InChI is InChI=1S/C12H15Cl2N5O2S.C8H13N3O4S.C8H13N3O2S.C8H15N3O2S.C5H6ClN3O2.C5H7N3O2.C4HCl3N2.C3H3N3O2.C3H8S.C2H5I.5CH4S.7CH4/c1-4-19-6-9(11(18-19)22(20,21)7(2)3)16-10-8(13)5-15-12(14)17-10;1-4-10-5-7(11(12)13)8(9-10)16(14,15)6(2)3;1-4-10-5-7(11(12)13)8(9-10)14-6(2)3;1-4-11-5-7(9)8(10-11)14(12,13)6(2)3;1-2-8-3-4(9(10)11)5(6)7-8;1-2-7-4-5(3-6-7)8(9)10;5-2-1-8-4(7)9-3(2)6;7-6(8)3-1-4-5-2-3;1-3(2)4;1-2-3;5*1-2;;;;;;;/h5-7H,4H2,1-3H3,(H,15,16,17);5-6H,4H2,1-3H3;5-6H,4H2,1-3H3;5-6H,4,9H2,1-3H3;3H,2H2,1H3;3-4H,2H2,1H3;1H;1-2H,(H,4,5);3-4H,1-2H3;2H2,1H3;5*2H,1H3;7*1H4. The van der Waals surface area contributed by atoms with Gasteiger partial charge in [0.2, 0.25) is 50.3 Å². The first-order valence-electron chi connectivity index (χ1n) is 34.7. The summed E-state index contributed by atoms with van der Waals surface area (Å²) in [7, 11) is -10.6. The predicted molar refractivity (Wildman–Crippen MR) is 559 cm³/mol. The van der Waals surface area contributed by atoms with Crippen molar-refractivity contribution in [3.05, 3.63) is 150 Å². The minimum Gasteiger partial charge on any atom is -0.395 e. The van der Waals surface area contributed by atoms with E-state index in [-0.39, 0.29) is 127 Å². The highest BCUT2D eigenvalue weighted by atomic mass is 127. The lowest BCUT2D eigenvalue weighted by molar-refractivity contribution is -0.388. The van der Waals surface area contributed by atoms with Gasteiger partial charge in [-0.3, -0.25) is 83.8 Å². The third-order valence-corrected chi connectivity index (χ3v) is 21.1. The molecule has 0 aliphatic rings. The Morgan fingerprint density at radius 2 is 0.797 bits per heavy atom. The van der Waals surface area contributed by atoms with Gasteiger partial charge in [0.05, 0.1) is 75.4 Å². The highest BCUT2D eigenvalue weighted by Gasteiger charge is 2.33. The Bertz CT molecular complexity index is 4800. The molecule has 128 heavy (non-hydrogen) atoms. The molecule has 0 aliphatic carbocycles. The molecule has 0 aliphatic heterocycles. The van der Waals surface area contributed by atoms with Gasteiger partial charge < -0.3 is 11.1 Å². The van der Waals surface area contributed by atoms with Gasteiger partial charge in [0.15, 0.2) is 21.0 Å². The number of alkyl halides is 1. The number of nitro groups is 5. The molecular formula is C70H134Cl6IN25O16S10. The van der Waals surface area contributed by atoms with Crippen LogP contribution in [0.2, 0.25) is 30.9 Å². The van der Waals surface area contributed by atoms with Gasteiger partial charge in [-0.1, -0.05) is 167 Å². The van der Waals surface area contributed by atoms with Gasteiger partial charge >= 0.3 is 28.4 Å². The first kappa shape index (κ1) is 150. The topological polar surface area (TPSA) is 543 Å². The SMILES string of the molecule is C.C.C.C.C.C.C.CC(C)S.CCI.CCn1cc(N)c(S(=O)(=O)C(C)C)n1.CCn1cc(Nc2nc(Cl)ncc2Cl)c(S(=O)(=O)C(C)C)n1.CCn1cc([N+](=O)[O-])c(Cl)n1.CCn1cc([N+](=O)[O-])c(S(=O)(=O)C(C)C)n1.CCn1cc([N+](=O)[O-])c(SC(C)C)n1.CCn1cc([N+](=O)[O-])cn1.CS.CS.CS.CS.CS.Clc1ncc(Cl)c(Cl)n1.O=[N+]([O-])c1cn[nH]c1. The highest BCUT2D eigenvalue weighted by Crippen LogP contribution is 2.32. The Balaban J connectivity index is -0.000000105. The third kappa shape index (κ3) is 57.4. The number of thiol groups is 6. The van der Waals surface area contributed by atoms with Crippen molar-refractivity contribution < 1.29 is 49.9 Å². The van der Waals surface area contributed by atoms with Crippen LogP contribution in [-0.4, -0.2) is 201 Å². The number of nitrogens with one attached hydrogen (secondary N) is 2. The number of halogens is 7. The van der Waals surface area contributed by atoms with Crippen LogP contribution in [0.25, 0.3) is 0 Å². The van der Waals surface area contributed by atoms with Crippen LogP contribution in [0.15, 0.2) is 88.3 Å². The van der Waals surface area contributed by atoms with E-state index in [0.29, 0.717) is 65.5 Å². The van der Waals surface area contributed by atoms with Crippen molar-refractivity contribution in [1.82, 2.24) is 88.8 Å². The van der Waals surface area contributed by atoms with Crippen LogP contribution in [0, 0.1) is 50.6 Å². The number of aryl methyl sites for hydroxylation is 6. The lowest BCUT2D eigenvalue weighted by Crippen LogP contribution is -2.16. The molecule has 0 bridgehead atoms. The highest BCUT2D eigenvalue weighted by molar-refractivity contribution is 14.1. The maximum Gasteiger partial charge on any atom is 0.326 e. The molecule has 0 fully saturated rings. The van der Waals surface area contributed by atoms with Crippen molar-refractivity contribution in [2.45, 2.75) is 255 Å². The van der Waals surface area contributed by atoms with E-state index >= 15 is 0 Å². The number of aromatic amines is 1. The Hall–Kier alpha value is -6.00. The van der Waals surface area contributed by atoms with Gasteiger partial charge in [-0.05, 0) is 147 Å². The first-order chi connectivity index (χ1) is 56.5. The minimum atomic E-state index is -3.72. The molecule has 9 heterocycles. The van der Waals surface area contributed by atoms with E-state index in [2.05, 4.69) is 171 Å². The summed E-state index contributed by atoms with van der Waals surface area (Å²) in [6.45, 7) is 34.0. The summed E-state index contributed by atoms with van der Waals surface area (Å²) in [5.41, 5.74) is 5.63. The van der Waals surface area contributed by atoms with E-state index in [9.17, 15) is 75.8 Å². The first-order valence-corrected chi connectivity index (χ1v) is 49.0. The van der Waals surface area contributed by atoms with E-state index in [1.54, 1.807) is 76.8 Å². The second-order valence-electron chi connectivity index (χ2n) is 22.3. The fourth-order valence-electron chi connectivity index (χ4n) is 6.73. The maximum atomic E-state index is 12.4. The van der Waals surface area contributed by atoms with Crippen LogP contribution < -0.4 is 11.1 Å². The largest absolute Gasteiger partial charge is 0.395 e. The molecule has 0 amide bonds. The second-order valence-corrected chi connectivity index (χ2v) is 35.9. The fraction of sp³-hybridized carbons (Fsp3) is 0.586. The molecule has 9 aromatic heterocycles. The van der Waals surface area contributed by atoms with Gasteiger partial charge in [-0.2, -0.15) is 116 Å². The number of hydrogen-bond acceptors (Lipinski definition) is 36. The Kier molecular flexibility index (Phi) is 96.0. The second kappa shape index (κ2) is 81.7. The van der Waals surface area contributed by atoms with Crippen molar-refractivity contribution in [2.75, 3.05) is 46.8 Å².